The largest absolute Gasteiger partial charge is 0.311 e. The van der Waals surface area contributed by atoms with Gasteiger partial charge in [-0.2, -0.15) is 0 Å². The molecule has 0 saturated heterocycles. The van der Waals surface area contributed by atoms with Gasteiger partial charge in [0.15, 0.2) is 0 Å². The fourth-order valence-corrected chi connectivity index (χ4v) is 12.1. The number of hydrogen-bond donors (Lipinski definition) is 0. The first kappa shape index (κ1) is 42.6. The van der Waals surface area contributed by atoms with Crippen LogP contribution in [0.2, 0.25) is 0 Å². The van der Waals surface area contributed by atoms with E-state index < -0.39 is 0 Å². The molecular formula is C71H50N2. The summed E-state index contributed by atoms with van der Waals surface area (Å²) in [5.41, 5.74) is 22.0. The Morgan fingerprint density at radius 3 is 1.25 bits per heavy atom. The highest BCUT2D eigenvalue weighted by Gasteiger charge is 2.35. The van der Waals surface area contributed by atoms with Gasteiger partial charge in [-0.15, -0.1) is 0 Å². The van der Waals surface area contributed by atoms with Crippen LogP contribution in [0.1, 0.15) is 25.0 Å². The van der Waals surface area contributed by atoms with Crippen LogP contribution in [0.3, 0.4) is 0 Å². The van der Waals surface area contributed by atoms with E-state index in [1.165, 1.54) is 110 Å². The molecule has 1 aromatic heterocycles. The molecule has 0 unspecified atom stereocenters. The summed E-state index contributed by atoms with van der Waals surface area (Å²) in [6.07, 6.45) is 0. The highest BCUT2D eigenvalue weighted by atomic mass is 15.1. The number of para-hydroxylation sites is 1. The quantitative estimate of drug-likeness (QED) is 0.138. The fraction of sp³-hybridized carbons (Fsp3) is 0.0423. The van der Waals surface area contributed by atoms with Crippen molar-refractivity contribution >= 4 is 60.4 Å². The summed E-state index contributed by atoms with van der Waals surface area (Å²) in [7, 11) is 0. The third-order valence-corrected chi connectivity index (χ3v) is 15.6. The van der Waals surface area contributed by atoms with Gasteiger partial charge in [-0.3, -0.25) is 0 Å². The predicted octanol–water partition coefficient (Wildman–Crippen LogP) is 19.5. The minimum Gasteiger partial charge on any atom is -0.311 e. The second-order valence-electron chi connectivity index (χ2n) is 20.0. The normalized spacial score (nSPS) is 12.6. The molecule has 73 heavy (non-hydrogen) atoms. The number of aromatic nitrogens is 1. The van der Waals surface area contributed by atoms with Gasteiger partial charge in [0.05, 0.1) is 11.0 Å². The van der Waals surface area contributed by atoms with Gasteiger partial charge in [0.1, 0.15) is 0 Å². The molecule has 0 atom stereocenters. The first-order valence-corrected chi connectivity index (χ1v) is 25.4. The highest BCUT2D eigenvalue weighted by Crippen LogP contribution is 2.51. The second kappa shape index (κ2) is 17.0. The summed E-state index contributed by atoms with van der Waals surface area (Å²) >= 11 is 0. The molecule has 1 heterocycles. The van der Waals surface area contributed by atoms with E-state index in [9.17, 15) is 0 Å². The SMILES string of the molecule is CC1(C)c2ccccc2-c2ccc(-c3c4ccccc4c(-c4ccc(N(c5ccccc5)c5ccc(-n6c7ccc(-c8ccccc8)cc7c7cc(-c8ccccc8)ccc76)cc5)cc4)c4ccccc34)cc21. The van der Waals surface area contributed by atoms with Crippen LogP contribution >= 0.6 is 0 Å². The van der Waals surface area contributed by atoms with Crippen molar-refractivity contribution in [1.82, 2.24) is 4.57 Å². The minimum absolute atomic E-state index is 0.0846. The van der Waals surface area contributed by atoms with Gasteiger partial charge in [0.2, 0.25) is 0 Å². The standard InChI is InChI=1S/C71H50N2/c1-71(2)65-29-17-16-24-57(65)58-41-32-52(46-66(58)71)70-61-27-14-12-25-59(61)69(60-26-13-15-28-62(60)70)49-30-35-54(36-31-49)72(53-22-10-5-11-23-53)55-37-39-56(40-38-55)73-67-42-33-50(47-18-6-3-7-19-47)44-63(67)64-45-51(34-43-68(64)73)48-20-8-4-9-21-48/h3-46H,1-2H3. The molecule has 0 saturated carbocycles. The first-order valence-electron chi connectivity index (χ1n) is 25.4. The summed E-state index contributed by atoms with van der Waals surface area (Å²) in [4.78, 5) is 2.37. The van der Waals surface area contributed by atoms with Crippen LogP contribution < -0.4 is 4.90 Å². The topological polar surface area (TPSA) is 8.17 Å². The van der Waals surface area contributed by atoms with Crippen LogP contribution in [0.15, 0.2) is 267 Å². The number of hydrogen-bond acceptors (Lipinski definition) is 1. The Balaban J connectivity index is 0.862. The Hall–Kier alpha value is -9.24. The van der Waals surface area contributed by atoms with Crippen molar-refractivity contribution in [2.24, 2.45) is 0 Å². The van der Waals surface area contributed by atoms with Gasteiger partial charge in [0, 0.05) is 38.9 Å². The van der Waals surface area contributed by atoms with Gasteiger partial charge in [-0.05, 0) is 167 Å². The van der Waals surface area contributed by atoms with E-state index >= 15 is 0 Å². The second-order valence-corrected chi connectivity index (χ2v) is 20.0. The smallest absolute Gasteiger partial charge is 0.0541 e. The molecule has 0 aliphatic heterocycles. The fourth-order valence-electron chi connectivity index (χ4n) is 12.1. The summed E-state index contributed by atoms with van der Waals surface area (Å²) in [5.74, 6) is 0. The zero-order valence-electron chi connectivity index (χ0n) is 40.8. The van der Waals surface area contributed by atoms with Gasteiger partial charge in [-0.25, -0.2) is 0 Å². The van der Waals surface area contributed by atoms with Crippen LogP contribution in [-0.4, -0.2) is 4.57 Å². The van der Waals surface area contributed by atoms with E-state index in [0.29, 0.717) is 0 Å². The monoisotopic (exact) mass is 930 g/mol. The highest BCUT2D eigenvalue weighted by molar-refractivity contribution is 6.21. The third-order valence-electron chi connectivity index (χ3n) is 15.6. The van der Waals surface area contributed by atoms with Gasteiger partial charge >= 0.3 is 0 Å². The molecular weight excluding hydrogens is 881 g/mol. The maximum Gasteiger partial charge on any atom is 0.0541 e. The molecule has 0 amide bonds. The van der Waals surface area contributed by atoms with Crippen LogP contribution in [0.25, 0.3) is 105 Å². The molecule has 14 rings (SSSR count). The number of fused-ring (bicyclic) bond motifs is 8. The molecule has 2 heteroatoms. The van der Waals surface area contributed by atoms with Gasteiger partial charge in [-0.1, -0.05) is 202 Å². The molecule has 344 valence electrons. The summed E-state index contributed by atoms with van der Waals surface area (Å²) in [6, 6.07) is 98.3. The number of nitrogens with zero attached hydrogens (tertiary/aromatic N) is 2. The Morgan fingerprint density at radius 2 is 0.699 bits per heavy atom. The molecule has 0 bridgehead atoms. The van der Waals surface area contributed by atoms with Crippen molar-refractivity contribution in [3.05, 3.63) is 278 Å². The zero-order valence-corrected chi connectivity index (χ0v) is 40.8. The Morgan fingerprint density at radius 1 is 0.288 bits per heavy atom. The van der Waals surface area contributed by atoms with E-state index in [-0.39, 0.29) is 5.41 Å². The molecule has 0 radical (unpaired) electrons. The van der Waals surface area contributed by atoms with Crippen molar-refractivity contribution in [2.45, 2.75) is 19.3 Å². The lowest BCUT2D eigenvalue weighted by atomic mass is 9.80. The number of rotatable bonds is 8. The van der Waals surface area contributed by atoms with E-state index in [1.807, 2.05) is 0 Å². The average Bonchev–Trinajstić information content (AvgIpc) is 3.90. The van der Waals surface area contributed by atoms with E-state index in [1.54, 1.807) is 0 Å². The van der Waals surface area contributed by atoms with Crippen molar-refractivity contribution in [1.29, 1.82) is 0 Å². The summed E-state index contributed by atoms with van der Waals surface area (Å²) in [6.45, 7) is 4.74. The molecule has 13 aromatic rings. The lowest BCUT2D eigenvalue weighted by Crippen LogP contribution is -2.14. The summed E-state index contributed by atoms with van der Waals surface area (Å²) < 4.78 is 2.42. The van der Waals surface area contributed by atoms with E-state index in [2.05, 4.69) is 290 Å². The van der Waals surface area contributed by atoms with Gasteiger partial charge < -0.3 is 9.47 Å². The van der Waals surface area contributed by atoms with E-state index in [4.69, 9.17) is 0 Å². The minimum atomic E-state index is -0.0846. The van der Waals surface area contributed by atoms with Gasteiger partial charge in [0.25, 0.3) is 0 Å². The molecule has 2 nitrogen and oxygen atoms in total. The number of anilines is 3. The maximum absolute atomic E-state index is 2.47. The summed E-state index contributed by atoms with van der Waals surface area (Å²) in [5, 5.41) is 7.49. The Kier molecular flexibility index (Phi) is 9.91. The van der Waals surface area contributed by atoms with Crippen molar-refractivity contribution in [2.75, 3.05) is 4.90 Å². The Bertz CT molecular complexity index is 4090. The molecule has 0 spiro atoms. The lowest BCUT2D eigenvalue weighted by molar-refractivity contribution is 0.660. The van der Waals surface area contributed by atoms with Crippen molar-refractivity contribution in [3.8, 4) is 61.3 Å². The molecule has 0 fully saturated rings. The Labute approximate surface area is 426 Å². The zero-order chi connectivity index (χ0) is 48.6. The van der Waals surface area contributed by atoms with Crippen LogP contribution in [0, 0.1) is 0 Å². The molecule has 12 aromatic carbocycles. The lowest BCUT2D eigenvalue weighted by Gasteiger charge is -2.26. The molecule has 0 N–H and O–H groups in total. The van der Waals surface area contributed by atoms with Crippen molar-refractivity contribution in [3.63, 3.8) is 0 Å². The maximum atomic E-state index is 2.47. The average molecular weight is 931 g/mol. The third kappa shape index (κ3) is 6.94. The first-order chi connectivity index (χ1) is 36.0. The van der Waals surface area contributed by atoms with Crippen LogP contribution in [-0.2, 0) is 5.41 Å². The van der Waals surface area contributed by atoms with Crippen LogP contribution in [0.5, 0.6) is 0 Å². The number of benzene rings is 12. The molecule has 1 aliphatic carbocycles. The van der Waals surface area contributed by atoms with Crippen LogP contribution in [0.4, 0.5) is 17.1 Å². The molecule has 1 aliphatic rings. The predicted molar refractivity (Wildman–Crippen MR) is 310 cm³/mol. The van der Waals surface area contributed by atoms with E-state index in [0.717, 1.165) is 22.7 Å². The van der Waals surface area contributed by atoms with Crippen molar-refractivity contribution < 1.29 is 0 Å².